The molecule has 0 aliphatic carbocycles. The maximum absolute atomic E-state index is 12.6. The first-order chi connectivity index (χ1) is 14.8. The summed E-state index contributed by atoms with van der Waals surface area (Å²) in [6.45, 7) is 12.0. The number of hydrogen-bond acceptors (Lipinski definition) is 4. The zero-order valence-corrected chi connectivity index (χ0v) is 18.8. The molecule has 1 aliphatic heterocycles. The summed E-state index contributed by atoms with van der Waals surface area (Å²) >= 11 is 0. The molecule has 5 heteroatoms. The van der Waals surface area contributed by atoms with E-state index in [2.05, 4.69) is 50.1 Å². The molecule has 5 nitrogen and oxygen atoms in total. The number of hydrogen-bond donors (Lipinski definition) is 1. The maximum Gasteiger partial charge on any atom is 0.266 e. The van der Waals surface area contributed by atoms with Crippen LogP contribution in [0.3, 0.4) is 0 Å². The van der Waals surface area contributed by atoms with Gasteiger partial charge in [-0.2, -0.15) is 5.26 Å². The van der Waals surface area contributed by atoms with Gasteiger partial charge >= 0.3 is 0 Å². The molecule has 0 unspecified atom stereocenters. The molecule has 31 heavy (non-hydrogen) atoms. The van der Waals surface area contributed by atoms with Crippen LogP contribution in [0.2, 0.25) is 0 Å². The highest BCUT2D eigenvalue weighted by Crippen LogP contribution is 2.39. The fourth-order valence-corrected chi connectivity index (χ4v) is 4.08. The molecule has 0 saturated heterocycles. The molecule has 0 saturated carbocycles. The SMILES string of the molecule is CCOc1ccc(NC(=O)/C(C#N)=C/c2ccc3c(c2)C(C)=CC(C)(C)N3CC)cc1. The number of rotatable bonds is 6. The van der Waals surface area contributed by atoms with E-state index in [1.54, 1.807) is 30.3 Å². The molecule has 3 rings (SSSR count). The lowest BCUT2D eigenvalue weighted by atomic mass is 9.88. The number of fused-ring (bicyclic) bond motifs is 1. The van der Waals surface area contributed by atoms with Crippen LogP contribution in [-0.2, 0) is 4.79 Å². The molecule has 1 amide bonds. The van der Waals surface area contributed by atoms with Crippen molar-refractivity contribution >= 4 is 28.9 Å². The van der Waals surface area contributed by atoms with Crippen LogP contribution in [-0.4, -0.2) is 24.6 Å². The second kappa shape index (κ2) is 9.09. The summed E-state index contributed by atoms with van der Waals surface area (Å²) in [6, 6.07) is 15.2. The largest absolute Gasteiger partial charge is 0.494 e. The molecule has 0 aromatic heterocycles. The topological polar surface area (TPSA) is 65.4 Å². The van der Waals surface area contributed by atoms with Crippen molar-refractivity contribution in [3.63, 3.8) is 0 Å². The van der Waals surface area contributed by atoms with Gasteiger partial charge in [-0.3, -0.25) is 4.79 Å². The summed E-state index contributed by atoms with van der Waals surface area (Å²) in [5.41, 5.74) is 4.91. The van der Waals surface area contributed by atoms with E-state index in [1.807, 2.05) is 25.1 Å². The molecule has 0 radical (unpaired) electrons. The molecule has 0 spiro atoms. The monoisotopic (exact) mass is 415 g/mol. The smallest absolute Gasteiger partial charge is 0.266 e. The highest BCUT2D eigenvalue weighted by Gasteiger charge is 2.30. The number of nitriles is 1. The fourth-order valence-electron chi connectivity index (χ4n) is 4.08. The number of nitrogens with one attached hydrogen (secondary N) is 1. The van der Waals surface area contributed by atoms with Gasteiger partial charge in [-0.15, -0.1) is 0 Å². The van der Waals surface area contributed by atoms with E-state index < -0.39 is 5.91 Å². The number of allylic oxidation sites excluding steroid dienone is 1. The second-order valence-corrected chi connectivity index (χ2v) is 8.08. The number of carbonyl (C=O) groups excluding carboxylic acids is 1. The number of anilines is 2. The molecule has 2 aromatic rings. The Morgan fingerprint density at radius 1 is 1.19 bits per heavy atom. The Kier molecular flexibility index (Phi) is 6.50. The Morgan fingerprint density at radius 2 is 1.90 bits per heavy atom. The predicted molar refractivity (Wildman–Crippen MR) is 127 cm³/mol. The Bertz CT molecular complexity index is 1070. The number of nitrogens with zero attached hydrogens (tertiary/aromatic N) is 2. The van der Waals surface area contributed by atoms with Gasteiger partial charge in [0.25, 0.3) is 5.91 Å². The summed E-state index contributed by atoms with van der Waals surface area (Å²) in [4.78, 5) is 15.0. The van der Waals surface area contributed by atoms with Crippen LogP contribution < -0.4 is 15.0 Å². The van der Waals surface area contributed by atoms with Crippen molar-refractivity contribution in [3.05, 3.63) is 65.2 Å². The Balaban J connectivity index is 1.85. The second-order valence-electron chi connectivity index (χ2n) is 8.08. The number of amides is 1. The summed E-state index contributed by atoms with van der Waals surface area (Å²) in [5.74, 6) is 0.297. The number of benzene rings is 2. The van der Waals surface area contributed by atoms with Crippen LogP contribution in [0.5, 0.6) is 5.75 Å². The highest BCUT2D eigenvalue weighted by molar-refractivity contribution is 6.09. The van der Waals surface area contributed by atoms with Crippen molar-refractivity contribution in [1.82, 2.24) is 0 Å². The lowest BCUT2D eigenvalue weighted by molar-refractivity contribution is -0.112. The summed E-state index contributed by atoms with van der Waals surface area (Å²) in [6.07, 6.45) is 3.89. The van der Waals surface area contributed by atoms with Crippen molar-refractivity contribution in [2.24, 2.45) is 0 Å². The average molecular weight is 416 g/mol. The molecule has 1 N–H and O–H groups in total. The minimum Gasteiger partial charge on any atom is -0.494 e. The van der Waals surface area contributed by atoms with Crippen molar-refractivity contribution < 1.29 is 9.53 Å². The molecule has 160 valence electrons. The van der Waals surface area contributed by atoms with Crippen LogP contribution in [0.4, 0.5) is 11.4 Å². The molecule has 0 bridgehead atoms. The summed E-state index contributed by atoms with van der Waals surface area (Å²) < 4.78 is 5.41. The summed E-state index contributed by atoms with van der Waals surface area (Å²) in [5, 5.41) is 12.3. The lowest BCUT2D eigenvalue weighted by Gasteiger charge is -2.42. The Hall–Kier alpha value is -3.52. The molecule has 0 fully saturated rings. The molecular formula is C26H29N3O2. The van der Waals surface area contributed by atoms with Gasteiger partial charge < -0.3 is 15.0 Å². The lowest BCUT2D eigenvalue weighted by Crippen LogP contribution is -2.44. The van der Waals surface area contributed by atoms with E-state index in [1.165, 1.54) is 11.3 Å². The zero-order chi connectivity index (χ0) is 22.6. The van der Waals surface area contributed by atoms with E-state index in [9.17, 15) is 10.1 Å². The molecule has 1 heterocycles. The fraction of sp³-hybridized carbons (Fsp3) is 0.308. The molecule has 1 aliphatic rings. The van der Waals surface area contributed by atoms with E-state index in [4.69, 9.17) is 4.74 Å². The third-order valence-corrected chi connectivity index (χ3v) is 5.42. The first-order valence-corrected chi connectivity index (χ1v) is 10.6. The van der Waals surface area contributed by atoms with Crippen molar-refractivity contribution in [1.29, 1.82) is 5.26 Å². The zero-order valence-electron chi connectivity index (χ0n) is 18.8. The molecular weight excluding hydrogens is 386 g/mol. The minimum absolute atomic E-state index is 0.0546. The molecule has 0 atom stereocenters. The number of ether oxygens (including phenoxy) is 1. The number of likely N-dealkylation sites (N-methyl/N-ethyl adjacent to an activating group) is 1. The Labute approximate surface area is 184 Å². The van der Waals surface area contributed by atoms with Crippen LogP contribution in [0.25, 0.3) is 11.6 Å². The standard InChI is InChI=1S/C26H29N3O2/c1-6-29-24-13-8-19(15-23(24)18(3)16-26(29,4)5)14-20(17-27)25(30)28-21-9-11-22(12-10-21)31-7-2/h8-16H,6-7H2,1-5H3,(H,28,30)/b20-14+. The first-order valence-electron chi connectivity index (χ1n) is 10.6. The maximum atomic E-state index is 12.6. The number of carbonyl (C=O) groups is 1. The summed E-state index contributed by atoms with van der Waals surface area (Å²) in [7, 11) is 0. The van der Waals surface area contributed by atoms with Gasteiger partial charge in [0, 0.05) is 23.5 Å². The van der Waals surface area contributed by atoms with E-state index in [-0.39, 0.29) is 11.1 Å². The van der Waals surface area contributed by atoms with E-state index in [0.29, 0.717) is 12.3 Å². The van der Waals surface area contributed by atoms with Crippen molar-refractivity contribution in [2.75, 3.05) is 23.4 Å². The van der Waals surface area contributed by atoms with Gasteiger partial charge in [0.1, 0.15) is 17.4 Å². The molecule has 2 aromatic carbocycles. The minimum atomic E-state index is -0.437. The van der Waals surface area contributed by atoms with Gasteiger partial charge in [-0.25, -0.2) is 0 Å². The van der Waals surface area contributed by atoms with Gasteiger partial charge in [-0.1, -0.05) is 12.1 Å². The average Bonchev–Trinajstić information content (AvgIpc) is 2.73. The van der Waals surface area contributed by atoms with Crippen LogP contribution in [0.15, 0.2) is 54.1 Å². The van der Waals surface area contributed by atoms with E-state index in [0.717, 1.165) is 23.4 Å². The first kappa shape index (κ1) is 22.2. The highest BCUT2D eigenvalue weighted by atomic mass is 16.5. The van der Waals surface area contributed by atoms with Gasteiger partial charge in [0.05, 0.1) is 12.1 Å². The van der Waals surface area contributed by atoms with Crippen LogP contribution in [0.1, 0.15) is 45.7 Å². The van der Waals surface area contributed by atoms with Crippen molar-refractivity contribution in [2.45, 2.75) is 40.2 Å². The van der Waals surface area contributed by atoms with Crippen LogP contribution in [0, 0.1) is 11.3 Å². The predicted octanol–water partition coefficient (Wildman–Crippen LogP) is 5.65. The van der Waals surface area contributed by atoms with Gasteiger partial charge in [0.2, 0.25) is 0 Å². The van der Waals surface area contributed by atoms with Crippen molar-refractivity contribution in [3.8, 4) is 11.8 Å². The van der Waals surface area contributed by atoms with Crippen LogP contribution >= 0.6 is 0 Å². The Morgan fingerprint density at radius 3 is 2.52 bits per heavy atom. The third kappa shape index (κ3) is 4.80. The third-order valence-electron chi connectivity index (χ3n) is 5.42. The van der Waals surface area contributed by atoms with E-state index >= 15 is 0 Å². The van der Waals surface area contributed by atoms with Gasteiger partial charge in [0.15, 0.2) is 0 Å². The van der Waals surface area contributed by atoms with Gasteiger partial charge in [-0.05, 0) is 88.2 Å². The quantitative estimate of drug-likeness (QED) is 0.489. The normalized spacial score (nSPS) is 14.9.